The zero-order valence-corrected chi connectivity index (χ0v) is 10.2. The molecule has 6 nitrogen and oxygen atoms in total. The molecule has 0 aliphatic rings. The van der Waals surface area contributed by atoms with E-state index in [1.165, 1.54) is 0 Å². The number of nitrogens with zero attached hydrogens (tertiary/aromatic N) is 1. The van der Waals surface area contributed by atoms with E-state index in [9.17, 15) is 0 Å². The van der Waals surface area contributed by atoms with Crippen LogP contribution in [0.1, 0.15) is 6.42 Å². The van der Waals surface area contributed by atoms with Crippen molar-refractivity contribution in [2.75, 3.05) is 31.4 Å². The van der Waals surface area contributed by atoms with Crippen LogP contribution in [0.2, 0.25) is 0 Å². The van der Waals surface area contributed by atoms with E-state index in [-0.39, 0.29) is 12.6 Å². The molecule has 1 heterocycles. The quantitative estimate of drug-likeness (QED) is 0.668. The first-order valence-electron chi connectivity index (χ1n) is 5.75. The molecule has 1 atom stereocenters. The van der Waals surface area contributed by atoms with Gasteiger partial charge in [-0.05, 0) is 18.6 Å². The summed E-state index contributed by atoms with van der Waals surface area (Å²) in [5.41, 5.74) is 7.68. The Morgan fingerprint density at radius 1 is 1.56 bits per heavy atom. The molecule has 4 N–H and O–H groups in total. The minimum atomic E-state index is -0.0367. The largest absolute Gasteiger partial charge is 0.423 e. The molecule has 1 aromatic heterocycles. The monoisotopic (exact) mass is 251 g/mol. The molecule has 0 amide bonds. The average molecular weight is 251 g/mol. The first kappa shape index (κ1) is 12.7. The third-order valence-corrected chi connectivity index (χ3v) is 2.59. The minimum Gasteiger partial charge on any atom is -0.423 e. The van der Waals surface area contributed by atoms with Gasteiger partial charge in [-0.2, -0.15) is 4.98 Å². The van der Waals surface area contributed by atoms with Crippen LogP contribution in [-0.2, 0) is 4.74 Å². The summed E-state index contributed by atoms with van der Waals surface area (Å²) in [5, 5.41) is 12.0. The van der Waals surface area contributed by atoms with Crippen molar-refractivity contribution >= 4 is 22.8 Å². The van der Waals surface area contributed by atoms with Crippen LogP contribution in [0.15, 0.2) is 22.6 Å². The van der Waals surface area contributed by atoms with Crippen LogP contribution in [0.5, 0.6) is 0 Å². The summed E-state index contributed by atoms with van der Waals surface area (Å²) in [7, 11) is 1.61. The van der Waals surface area contributed by atoms with Gasteiger partial charge in [-0.15, -0.1) is 0 Å². The number of fused-ring (bicyclic) bond motifs is 1. The highest BCUT2D eigenvalue weighted by Gasteiger charge is 2.12. The lowest BCUT2D eigenvalue weighted by atomic mass is 10.2. The fourth-order valence-corrected chi connectivity index (χ4v) is 1.73. The molecule has 6 heteroatoms. The summed E-state index contributed by atoms with van der Waals surface area (Å²) in [6, 6.07) is 5.67. The van der Waals surface area contributed by atoms with E-state index in [1.807, 2.05) is 0 Å². The van der Waals surface area contributed by atoms with Gasteiger partial charge in [0.25, 0.3) is 6.01 Å². The normalized spacial score (nSPS) is 12.8. The van der Waals surface area contributed by atoms with Crippen molar-refractivity contribution < 1.29 is 14.3 Å². The van der Waals surface area contributed by atoms with Crippen LogP contribution in [-0.4, -0.2) is 36.5 Å². The number of hydrogen-bond acceptors (Lipinski definition) is 6. The molecule has 0 spiro atoms. The minimum absolute atomic E-state index is 0.0367. The second-order valence-electron chi connectivity index (χ2n) is 4.06. The second-order valence-corrected chi connectivity index (χ2v) is 4.06. The Bertz CT molecular complexity index is 506. The van der Waals surface area contributed by atoms with Crippen LogP contribution in [0, 0.1) is 0 Å². The number of nitrogens with one attached hydrogen (secondary N) is 1. The maximum Gasteiger partial charge on any atom is 0.295 e. The van der Waals surface area contributed by atoms with Crippen LogP contribution in [0.25, 0.3) is 11.1 Å². The molecule has 0 radical (unpaired) electrons. The maximum atomic E-state index is 8.95. The van der Waals surface area contributed by atoms with Crippen LogP contribution >= 0.6 is 0 Å². The zero-order valence-electron chi connectivity index (χ0n) is 10.2. The Morgan fingerprint density at radius 3 is 3.11 bits per heavy atom. The Labute approximate surface area is 105 Å². The molecule has 0 saturated carbocycles. The Balaban J connectivity index is 2.14. The van der Waals surface area contributed by atoms with Crippen molar-refractivity contribution in [2.45, 2.75) is 12.5 Å². The van der Waals surface area contributed by atoms with Crippen molar-refractivity contribution in [3.63, 3.8) is 0 Å². The standard InChI is InChI=1S/C12H17N3O3/c1-17-7-9(4-5-16)14-12-15-10-3-2-8(13)6-11(10)18-12/h2-3,6,9,16H,4-5,7,13H2,1H3,(H,14,15). The van der Waals surface area contributed by atoms with Crippen LogP contribution < -0.4 is 11.1 Å². The highest BCUT2D eigenvalue weighted by atomic mass is 16.5. The molecule has 18 heavy (non-hydrogen) atoms. The number of oxazole rings is 1. The summed E-state index contributed by atoms with van der Waals surface area (Å²) in [4.78, 5) is 4.29. The molecule has 1 aromatic carbocycles. The maximum absolute atomic E-state index is 8.95. The van der Waals surface area contributed by atoms with Gasteiger partial charge in [0, 0.05) is 25.5 Å². The average Bonchev–Trinajstić information content (AvgIpc) is 2.71. The number of rotatable bonds is 6. The molecular weight excluding hydrogens is 234 g/mol. The lowest BCUT2D eigenvalue weighted by Gasteiger charge is -2.14. The predicted octanol–water partition coefficient (Wildman–Crippen LogP) is 1.22. The van der Waals surface area contributed by atoms with Gasteiger partial charge in [0.15, 0.2) is 5.58 Å². The fourth-order valence-electron chi connectivity index (χ4n) is 1.73. The summed E-state index contributed by atoms with van der Waals surface area (Å²) in [5.74, 6) is 0. The third-order valence-electron chi connectivity index (χ3n) is 2.59. The lowest BCUT2D eigenvalue weighted by Crippen LogP contribution is -2.26. The van der Waals surface area contributed by atoms with E-state index < -0.39 is 0 Å². The number of anilines is 2. The van der Waals surface area contributed by atoms with Gasteiger partial charge in [0.1, 0.15) is 5.52 Å². The molecule has 98 valence electrons. The SMILES string of the molecule is COCC(CCO)Nc1nc2ccc(N)cc2o1. The number of aliphatic hydroxyl groups excluding tert-OH is 1. The summed E-state index contributed by atoms with van der Waals surface area (Å²) in [6.45, 7) is 0.551. The van der Waals surface area contributed by atoms with Gasteiger partial charge in [0.05, 0.1) is 12.6 Å². The summed E-state index contributed by atoms with van der Waals surface area (Å²) < 4.78 is 10.6. The van der Waals surface area contributed by atoms with Crippen molar-refractivity contribution in [1.82, 2.24) is 4.98 Å². The topological polar surface area (TPSA) is 93.5 Å². The summed E-state index contributed by atoms with van der Waals surface area (Å²) >= 11 is 0. The number of ether oxygens (including phenoxy) is 1. The van der Waals surface area contributed by atoms with E-state index >= 15 is 0 Å². The van der Waals surface area contributed by atoms with Gasteiger partial charge in [-0.1, -0.05) is 0 Å². The number of hydrogen-bond donors (Lipinski definition) is 3. The highest BCUT2D eigenvalue weighted by molar-refractivity contribution is 5.78. The van der Waals surface area contributed by atoms with Crippen molar-refractivity contribution in [3.8, 4) is 0 Å². The van der Waals surface area contributed by atoms with E-state index in [0.717, 1.165) is 5.52 Å². The number of aliphatic hydroxyl groups is 1. The van der Waals surface area contributed by atoms with E-state index in [2.05, 4.69) is 10.3 Å². The zero-order chi connectivity index (χ0) is 13.0. The Hall–Kier alpha value is -1.79. The third kappa shape index (κ3) is 2.91. The fraction of sp³-hybridized carbons (Fsp3) is 0.417. The molecule has 2 aromatic rings. The van der Waals surface area contributed by atoms with Gasteiger partial charge < -0.3 is 25.3 Å². The second kappa shape index (κ2) is 5.70. The van der Waals surface area contributed by atoms with Crippen molar-refractivity contribution in [3.05, 3.63) is 18.2 Å². The van der Waals surface area contributed by atoms with E-state index in [1.54, 1.807) is 25.3 Å². The first-order chi connectivity index (χ1) is 8.72. The van der Waals surface area contributed by atoms with Gasteiger partial charge in [-0.3, -0.25) is 0 Å². The number of methoxy groups -OCH3 is 1. The molecule has 0 fully saturated rings. The van der Waals surface area contributed by atoms with E-state index in [0.29, 0.717) is 30.3 Å². The predicted molar refractivity (Wildman–Crippen MR) is 69.4 cm³/mol. The Morgan fingerprint density at radius 2 is 2.39 bits per heavy atom. The summed E-state index contributed by atoms with van der Waals surface area (Å²) in [6.07, 6.45) is 0.564. The smallest absolute Gasteiger partial charge is 0.295 e. The van der Waals surface area contributed by atoms with Crippen LogP contribution in [0.4, 0.5) is 11.7 Å². The van der Waals surface area contributed by atoms with E-state index in [4.69, 9.17) is 20.0 Å². The molecular formula is C12H17N3O3. The number of nitrogen functional groups attached to an aromatic ring is 1. The van der Waals surface area contributed by atoms with Crippen molar-refractivity contribution in [2.24, 2.45) is 0 Å². The Kier molecular flexibility index (Phi) is 4.01. The molecule has 1 unspecified atom stereocenters. The van der Waals surface area contributed by atoms with Gasteiger partial charge in [0.2, 0.25) is 0 Å². The number of nitrogens with two attached hydrogens (primary N) is 1. The van der Waals surface area contributed by atoms with Gasteiger partial charge in [-0.25, -0.2) is 0 Å². The molecule has 0 aliphatic carbocycles. The first-order valence-corrected chi connectivity index (χ1v) is 5.75. The molecule has 0 bridgehead atoms. The van der Waals surface area contributed by atoms with Gasteiger partial charge >= 0.3 is 0 Å². The molecule has 0 saturated heterocycles. The molecule has 2 rings (SSSR count). The van der Waals surface area contributed by atoms with Crippen molar-refractivity contribution in [1.29, 1.82) is 0 Å². The number of benzene rings is 1. The molecule has 0 aliphatic heterocycles. The highest BCUT2D eigenvalue weighted by Crippen LogP contribution is 2.21. The number of aromatic nitrogens is 1. The lowest BCUT2D eigenvalue weighted by molar-refractivity contribution is 0.169. The van der Waals surface area contributed by atoms with Crippen LogP contribution in [0.3, 0.4) is 0 Å².